The summed E-state index contributed by atoms with van der Waals surface area (Å²) in [5.41, 5.74) is 2.25. The predicted octanol–water partition coefficient (Wildman–Crippen LogP) is 4.90. The second-order valence-corrected chi connectivity index (χ2v) is 6.33. The molecule has 0 bridgehead atoms. The first-order chi connectivity index (χ1) is 12.5. The summed E-state index contributed by atoms with van der Waals surface area (Å²) in [7, 11) is 0. The van der Waals surface area contributed by atoms with E-state index in [0.29, 0.717) is 5.75 Å². The van der Waals surface area contributed by atoms with Crippen LogP contribution in [0.4, 0.5) is 0 Å². The van der Waals surface area contributed by atoms with Gasteiger partial charge in [-0.3, -0.25) is 4.79 Å². The highest BCUT2D eigenvalue weighted by Gasteiger charge is 2.19. The van der Waals surface area contributed by atoms with Crippen molar-refractivity contribution >= 4 is 5.91 Å². The van der Waals surface area contributed by atoms with E-state index in [0.717, 1.165) is 22.6 Å². The molecule has 26 heavy (non-hydrogen) atoms. The van der Waals surface area contributed by atoms with E-state index in [-0.39, 0.29) is 11.9 Å². The fourth-order valence-corrected chi connectivity index (χ4v) is 2.70. The average molecular weight is 349 g/mol. The number of amides is 1. The minimum atomic E-state index is -0.601. The van der Waals surface area contributed by atoms with Crippen molar-refractivity contribution in [3.05, 3.63) is 78.3 Å². The maximum Gasteiger partial charge on any atom is 0.261 e. The fraction of sp³-hybridized carbons (Fsp3) is 0.227. The van der Waals surface area contributed by atoms with Crippen LogP contribution < -0.4 is 10.1 Å². The van der Waals surface area contributed by atoms with Crippen LogP contribution in [0.2, 0.25) is 0 Å². The zero-order valence-electron chi connectivity index (χ0n) is 15.2. The van der Waals surface area contributed by atoms with Gasteiger partial charge < -0.3 is 14.5 Å². The fourth-order valence-electron chi connectivity index (χ4n) is 2.70. The third kappa shape index (κ3) is 4.33. The van der Waals surface area contributed by atoms with Crippen molar-refractivity contribution in [2.45, 2.75) is 32.9 Å². The molecule has 134 valence electrons. The van der Waals surface area contributed by atoms with Crippen LogP contribution in [-0.2, 0) is 4.79 Å². The lowest BCUT2D eigenvalue weighted by atomic mass is 10.1. The topological polar surface area (TPSA) is 51.5 Å². The molecule has 0 aliphatic carbocycles. The summed E-state index contributed by atoms with van der Waals surface area (Å²) in [6.07, 6.45) is -0.601. The second-order valence-electron chi connectivity index (χ2n) is 6.33. The molecule has 0 aliphatic heterocycles. The normalized spacial score (nSPS) is 13.0. The molecule has 1 amide bonds. The number of benzene rings is 2. The van der Waals surface area contributed by atoms with Gasteiger partial charge in [-0.15, -0.1) is 0 Å². The molecule has 3 rings (SSSR count). The highest BCUT2D eigenvalue weighted by Crippen LogP contribution is 2.23. The molecule has 2 unspecified atom stereocenters. The molecule has 4 nitrogen and oxygen atoms in total. The van der Waals surface area contributed by atoms with E-state index in [1.807, 2.05) is 68.4 Å². The lowest BCUT2D eigenvalue weighted by Crippen LogP contribution is -2.37. The van der Waals surface area contributed by atoms with Gasteiger partial charge in [0.25, 0.3) is 5.91 Å². The van der Waals surface area contributed by atoms with Gasteiger partial charge in [-0.2, -0.15) is 0 Å². The third-order valence-electron chi connectivity index (χ3n) is 4.19. The van der Waals surface area contributed by atoms with E-state index < -0.39 is 6.10 Å². The van der Waals surface area contributed by atoms with Crippen molar-refractivity contribution in [2.75, 3.05) is 0 Å². The number of carbonyl (C=O) groups is 1. The van der Waals surface area contributed by atoms with Crippen molar-refractivity contribution in [2.24, 2.45) is 0 Å². The van der Waals surface area contributed by atoms with Crippen LogP contribution >= 0.6 is 0 Å². The Kier molecular flexibility index (Phi) is 5.42. The van der Waals surface area contributed by atoms with Crippen LogP contribution in [0, 0.1) is 6.92 Å². The second kappa shape index (κ2) is 7.91. The predicted molar refractivity (Wildman–Crippen MR) is 102 cm³/mol. The molecular weight excluding hydrogens is 326 g/mol. The number of hydrogen-bond acceptors (Lipinski definition) is 3. The molecule has 2 atom stereocenters. The number of carbonyl (C=O) groups excluding carboxylic acids is 1. The van der Waals surface area contributed by atoms with Gasteiger partial charge >= 0.3 is 0 Å². The van der Waals surface area contributed by atoms with Gasteiger partial charge in [0.2, 0.25) is 0 Å². The first-order valence-corrected chi connectivity index (χ1v) is 8.72. The van der Waals surface area contributed by atoms with Crippen LogP contribution in [0.15, 0.2) is 71.1 Å². The van der Waals surface area contributed by atoms with E-state index in [4.69, 9.17) is 9.15 Å². The van der Waals surface area contributed by atoms with E-state index >= 15 is 0 Å². The average Bonchev–Trinajstić information content (AvgIpc) is 3.09. The van der Waals surface area contributed by atoms with Gasteiger partial charge in [-0.25, -0.2) is 0 Å². The van der Waals surface area contributed by atoms with E-state index in [1.54, 1.807) is 6.92 Å². The van der Waals surface area contributed by atoms with Crippen LogP contribution in [0.5, 0.6) is 5.75 Å². The SMILES string of the molecule is Cc1ccc(C(C)NC(=O)C(C)Oc2ccc(-c3ccccc3)cc2)o1. The van der Waals surface area contributed by atoms with Gasteiger partial charge in [0.05, 0.1) is 6.04 Å². The molecule has 0 aliphatic rings. The maximum atomic E-state index is 12.3. The van der Waals surface area contributed by atoms with Crippen LogP contribution in [0.1, 0.15) is 31.4 Å². The third-order valence-corrected chi connectivity index (χ3v) is 4.19. The van der Waals surface area contributed by atoms with Crippen molar-refractivity contribution in [3.63, 3.8) is 0 Å². The Morgan fingerprint density at radius 2 is 1.58 bits per heavy atom. The standard InChI is InChI=1S/C22H23NO3/c1-15-9-14-21(25-15)16(2)23-22(24)17(3)26-20-12-10-19(11-13-20)18-7-5-4-6-8-18/h4-14,16-17H,1-3H3,(H,23,24). The zero-order valence-corrected chi connectivity index (χ0v) is 15.2. The first kappa shape index (κ1) is 17.8. The van der Waals surface area contributed by atoms with Gasteiger partial charge in [0.15, 0.2) is 6.10 Å². The smallest absolute Gasteiger partial charge is 0.261 e. The minimum Gasteiger partial charge on any atom is -0.481 e. The molecule has 2 aromatic carbocycles. The quantitative estimate of drug-likeness (QED) is 0.688. The van der Waals surface area contributed by atoms with E-state index in [2.05, 4.69) is 17.4 Å². The van der Waals surface area contributed by atoms with Gasteiger partial charge in [-0.1, -0.05) is 42.5 Å². The zero-order chi connectivity index (χ0) is 18.5. The maximum absolute atomic E-state index is 12.3. The van der Waals surface area contributed by atoms with Gasteiger partial charge in [0, 0.05) is 0 Å². The molecule has 0 radical (unpaired) electrons. The number of furan rings is 1. The molecule has 0 saturated carbocycles. The summed E-state index contributed by atoms with van der Waals surface area (Å²) < 4.78 is 11.3. The van der Waals surface area contributed by atoms with Crippen molar-refractivity contribution in [1.82, 2.24) is 5.32 Å². The Morgan fingerprint density at radius 1 is 0.923 bits per heavy atom. The largest absolute Gasteiger partial charge is 0.481 e. The number of aryl methyl sites for hydroxylation is 1. The molecule has 3 aromatic rings. The summed E-state index contributed by atoms with van der Waals surface area (Å²) in [6, 6.07) is 21.4. The van der Waals surface area contributed by atoms with Gasteiger partial charge in [-0.05, 0) is 56.2 Å². The highest BCUT2D eigenvalue weighted by molar-refractivity contribution is 5.81. The first-order valence-electron chi connectivity index (χ1n) is 8.72. The van der Waals surface area contributed by atoms with E-state index in [1.165, 1.54) is 0 Å². The summed E-state index contributed by atoms with van der Waals surface area (Å²) in [5, 5.41) is 2.91. The Balaban J connectivity index is 1.58. The van der Waals surface area contributed by atoms with Crippen molar-refractivity contribution < 1.29 is 13.9 Å². The molecular formula is C22H23NO3. The van der Waals surface area contributed by atoms with Gasteiger partial charge in [0.1, 0.15) is 17.3 Å². The lowest BCUT2D eigenvalue weighted by Gasteiger charge is -2.18. The Labute approximate surface area is 153 Å². The highest BCUT2D eigenvalue weighted by atomic mass is 16.5. The van der Waals surface area contributed by atoms with Crippen LogP contribution in [0.3, 0.4) is 0 Å². The summed E-state index contributed by atoms with van der Waals surface area (Å²) in [5.74, 6) is 2.03. The van der Waals surface area contributed by atoms with Crippen LogP contribution in [-0.4, -0.2) is 12.0 Å². The van der Waals surface area contributed by atoms with Crippen molar-refractivity contribution in [3.8, 4) is 16.9 Å². The molecule has 4 heteroatoms. The molecule has 1 heterocycles. The summed E-state index contributed by atoms with van der Waals surface area (Å²) in [4.78, 5) is 12.3. The Bertz CT molecular complexity index is 853. The molecule has 0 spiro atoms. The van der Waals surface area contributed by atoms with Crippen LogP contribution in [0.25, 0.3) is 11.1 Å². The molecule has 0 saturated heterocycles. The Hall–Kier alpha value is -3.01. The summed E-state index contributed by atoms with van der Waals surface area (Å²) in [6.45, 7) is 5.50. The number of nitrogens with one attached hydrogen (secondary N) is 1. The van der Waals surface area contributed by atoms with Crippen molar-refractivity contribution in [1.29, 1.82) is 0 Å². The molecule has 1 aromatic heterocycles. The lowest BCUT2D eigenvalue weighted by molar-refractivity contribution is -0.128. The molecule has 0 fully saturated rings. The van der Waals surface area contributed by atoms with E-state index in [9.17, 15) is 4.79 Å². The minimum absolute atomic E-state index is 0.182. The number of ether oxygens (including phenoxy) is 1. The number of rotatable bonds is 6. The summed E-state index contributed by atoms with van der Waals surface area (Å²) >= 11 is 0. The monoisotopic (exact) mass is 349 g/mol. The molecule has 1 N–H and O–H groups in total. The Morgan fingerprint density at radius 3 is 2.19 bits per heavy atom. The number of hydrogen-bond donors (Lipinski definition) is 1.